The molecule has 0 spiro atoms. The lowest BCUT2D eigenvalue weighted by molar-refractivity contribution is 0.373. The SMILES string of the molecule is CC(C)(C)c1noc(CSc2ccc(N)cc2)n1. The van der Waals surface area contributed by atoms with Gasteiger partial charge in [0.05, 0.1) is 5.75 Å². The van der Waals surface area contributed by atoms with Crippen LogP contribution >= 0.6 is 11.8 Å². The lowest BCUT2D eigenvalue weighted by Gasteiger charge is -2.10. The van der Waals surface area contributed by atoms with Crippen molar-refractivity contribution < 1.29 is 4.52 Å². The largest absolute Gasteiger partial charge is 0.399 e. The van der Waals surface area contributed by atoms with E-state index in [1.165, 1.54) is 0 Å². The fourth-order valence-electron chi connectivity index (χ4n) is 1.33. The molecule has 0 aliphatic carbocycles. The van der Waals surface area contributed by atoms with Crippen LogP contribution in [0.5, 0.6) is 0 Å². The normalized spacial score (nSPS) is 11.7. The van der Waals surface area contributed by atoms with E-state index in [2.05, 4.69) is 30.9 Å². The van der Waals surface area contributed by atoms with Crippen molar-refractivity contribution >= 4 is 17.4 Å². The van der Waals surface area contributed by atoms with E-state index in [4.69, 9.17) is 10.3 Å². The van der Waals surface area contributed by atoms with Crippen LogP contribution in [0.15, 0.2) is 33.7 Å². The zero-order chi connectivity index (χ0) is 13.2. The summed E-state index contributed by atoms with van der Waals surface area (Å²) in [6.07, 6.45) is 0. The summed E-state index contributed by atoms with van der Waals surface area (Å²) in [6, 6.07) is 7.75. The summed E-state index contributed by atoms with van der Waals surface area (Å²) in [7, 11) is 0. The number of nitrogens with two attached hydrogens (primary N) is 1. The fraction of sp³-hybridized carbons (Fsp3) is 0.385. The topological polar surface area (TPSA) is 64.9 Å². The van der Waals surface area contributed by atoms with Crippen molar-refractivity contribution in [3.63, 3.8) is 0 Å². The van der Waals surface area contributed by atoms with Crippen molar-refractivity contribution in [3.8, 4) is 0 Å². The van der Waals surface area contributed by atoms with Crippen molar-refractivity contribution in [2.45, 2.75) is 36.8 Å². The van der Waals surface area contributed by atoms with E-state index >= 15 is 0 Å². The van der Waals surface area contributed by atoms with Gasteiger partial charge in [0.2, 0.25) is 5.89 Å². The second-order valence-corrected chi connectivity index (χ2v) is 6.17. The predicted molar refractivity (Wildman–Crippen MR) is 73.4 cm³/mol. The summed E-state index contributed by atoms with van der Waals surface area (Å²) < 4.78 is 5.23. The highest BCUT2D eigenvalue weighted by molar-refractivity contribution is 7.98. The molecule has 4 nitrogen and oxygen atoms in total. The third-order valence-corrected chi connectivity index (χ3v) is 3.38. The first-order chi connectivity index (χ1) is 8.45. The van der Waals surface area contributed by atoms with E-state index in [-0.39, 0.29) is 5.41 Å². The minimum absolute atomic E-state index is 0.0758. The number of rotatable bonds is 3. The Morgan fingerprint density at radius 2 is 1.89 bits per heavy atom. The smallest absolute Gasteiger partial charge is 0.237 e. The monoisotopic (exact) mass is 263 g/mol. The second kappa shape index (κ2) is 5.02. The third kappa shape index (κ3) is 3.26. The molecule has 0 fully saturated rings. The van der Waals surface area contributed by atoms with Crippen molar-refractivity contribution in [2.24, 2.45) is 0 Å². The average molecular weight is 263 g/mol. The quantitative estimate of drug-likeness (QED) is 0.680. The molecule has 1 aromatic heterocycles. The number of aromatic nitrogens is 2. The third-order valence-electron chi connectivity index (χ3n) is 2.38. The van der Waals surface area contributed by atoms with Gasteiger partial charge in [0.15, 0.2) is 5.82 Å². The molecule has 2 aromatic rings. The summed E-state index contributed by atoms with van der Waals surface area (Å²) in [5.41, 5.74) is 6.33. The summed E-state index contributed by atoms with van der Waals surface area (Å²) >= 11 is 1.65. The first-order valence-corrected chi connectivity index (χ1v) is 6.75. The van der Waals surface area contributed by atoms with Crippen LogP contribution in [0.4, 0.5) is 5.69 Å². The Kier molecular flexibility index (Phi) is 3.61. The molecule has 5 heteroatoms. The van der Waals surface area contributed by atoms with E-state index in [1.807, 2.05) is 24.3 Å². The van der Waals surface area contributed by atoms with Crippen LogP contribution in [0.3, 0.4) is 0 Å². The Labute approximate surface area is 111 Å². The number of nitrogen functional groups attached to an aromatic ring is 1. The van der Waals surface area contributed by atoms with Crippen molar-refractivity contribution in [1.29, 1.82) is 0 Å². The Balaban J connectivity index is 1.98. The number of anilines is 1. The highest BCUT2D eigenvalue weighted by Crippen LogP contribution is 2.24. The molecule has 0 radical (unpaired) electrons. The van der Waals surface area contributed by atoms with Gasteiger partial charge in [-0.25, -0.2) is 0 Å². The molecule has 2 rings (SSSR count). The average Bonchev–Trinajstić information content (AvgIpc) is 2.77. The van der Waals surface area contributed by atoms with Crippen LogP contribution in [0.25, 0.3) is 0 Å². The molecule has 1 aromatic carbocycles. The van der Waals surface area contributed by atoms with Gasteiger partial charge in [0.25, 0.3) is 0 Å². The van der Waals surface area contributed by atoms with E-state index < -0.39 is 0 Å². The highest BCUT2D eigenvalue weighted by Gasteiger charge is 2.20. The van der Waals surface area contributed by atoms with Crippen LogP contribution in [0.1, 0.15) is 32.5 Å². The van der Waals surface area contributed by atoms with E-state index in [0.29, 0.717) is 11.6 Å². The molecule has 0 saturated heterocycles. The molecular weight excluding hydrogens is 246 g/mol. The van der Waals surface area contributed by atoms with Gasteiger partial charge in [-0.1, -0.05) is 25.9 Å². The Bertz CT molecular complexity index is 514. The van der Waals surface area contributed by atoms with Crippen LogP contribution in [0, 0.1) is 0 Å². The first-order valence-electron chi connectivity index (χ1n) is 5.76. The van der Waals surface area contributed by atoms with E-state index in [9.17, 15) is 0 Å². The van der Waals surface area contributed by atoms with Gasteiger partial charge in [-0.15, -0.1) is 11.8 Å². The molecule has 0 amide bonds. The van der Waals surface area contributed by atoms with E-state index in [1.54, 1.807) is 11.8 Å². The number of hydrogen-bond acceptors (Lipinski definition) is 5. The highest BCUT2D eigenvalue weighted by atomic mass is 32.2. The number of nitrogens with zero attached hydrogens (tertiary/aromatic N) is 2. The van der Waals surface area contributed by atoms with Crippen LogP contribution in [0.2, 0.25) is 0 Å². The Morgan fingerprint density at radius 3 is 2.44 bits per heavy atom. The molecule has 18 heavy (non-hydrogen) atoms. The molecule has 0 bridgehead atoms. The first kappa shape index (κ1) is 13.0. The van der Waals surface area contributed by atoms with Gasteiger partial charge < -0.3 is 10.3 Å². The van der Waals surface area contributed by atoms with Gasteiger partial charge >= 0.3 is 0 Å². The molecule has 2 N–H and O–H groups in total. The maximum Gasteiger partial charge on any atom is 0.237 e. The molecule has 0 aliphatic heterocycles. The van der Waals surface area contributed by atoms with Crippen molar-refractivity contribution in [3.05, 3.63) is 36.0 Å². The van der Waals surface area contributed by atoms with E-state index in [0.717, 1.165) is 16.4 Å². The minimum atomic E-state index is -0.0758. The van der Waals surface area contributed by atoms with Crippen molar-refractivity contribution in [1.82, 2.24) is 10.1 Å². The minimum Gasteiger partial charge on any atom is -0.399 e. The van der Waals surface area contributed by atoms with Gasteiger partial charge in [0, 0.05) is 16.0 Å². The lowest BCUT2D eigenvalue weighted by Crippen LogP contribution is -2.13. The molecule has 96 valence electrons. The van der Waals surface area contributed by atoms with Crippen LogP contribution in [-0.4, -0.2) is 10.1 Å². The van der Waals surface area contributed by atoms with Gasteiger partial charge in [-0.05, 0) is 24.3 Å². The predicted octanol–water partition coefficient (Wildman–Crippen LogP) is 3.24. The maximum absolute atomic E-state index is 5.64. The number of hydrogen-bond donors (Lipinski definition) is 1. The van der Waals surface area contributed by atoms with Gasteiger partial charge in [0.1, 0.15) is 0 Å². The second-order valence-electron chi connectivity index (χ2n) is 5.12. The standard InChI is InChI=1S/C13H17N3OS/c1-13(2,3)12-15-11(17-16-12)8-18-10-6-4-9(14)5-7-10/h4-7H,8,14H2,1-3H3. The maximum atomic E-state index is 5.64. The summed E-state index contributed by atoms with van der Waals surface area (Å²) in [6.45, 7) is 6.19. The number of benzene rings is 1. The van der Waals surface area contributed by atoms with Crippen LogP contribution in [-0.2, 0) is 11.2 Å². The molecule has 0 aliphatic rings. The van der Waals surface area contributed by atoms with Gasteiger partial charge in [-0.2, -0.15) is 4.98 Å². The lowest BCUT2D eigenvalue weighted by atomic mass is 9.96. The Morgan fingerprint density at radius 1 is 1.22 bits per heavy atom. The number of thioether (sulfide) groups is 1. The molecular formula is C13H17N3OS. The summed E-state index contributed by atoms with van der Waals surface area (Å²) in [5.74, 6) is 2.07. The Hall–Kier alpha value is -1.49. The fourth-order valence-corrected chi connectivity index (χ4v) is 2.06. The molecule has 0 atom stereocenters. The van der Waals surface area contributed by atoms with Crippen molar-refractivity contribution in [2.75, 3.05) is 5.73 Å². The molecule has 1 heterocycles. The molecule has 0 saturated carbocycles. The zero-order valence-corrected chi connectivity index (χ0v) is 11.6. The summed E-state index contributed by atoms with van der Waals surface area (Å²) in [5, 5.41) is 3.99. The van der Waals surface area contributed by atoms with Gasteiger partial charge in [-0.3, -0.25) is 0 Å². The van der Waals surface area contributed by atoms with Crippen LogP contribution < -0.4 is 5.73 Å². The molecule has 0 unspecified atom stereocenters. The summed E-state index contributed by atoms with van der Waals surface area (Å²) in [4.78, 5) is 5.53. The zero-order valence-electron chi connectivity index (χ0n) is 10.8.